The van der Waals surface area contributed by atoms with Crippen LogP contribution in [0.25, 0.3) is 0 Å². The smallest absolute Gasteiger partial charge is 0.151 e. The molecule has 1 aromatic heterocycles. The van der Waals surface area contributed by atoms with E-state index in [0.717, 1.165) is 23.7 Å². The van der Waals surface area contributed by atoms with Crippen molar-refractivity contribution in [2.24, 2.45) is 0 Å². The van der Waals surface area contributed by atoms with Gasteiger partial charge < -0.3 is 5.32 Å². The van der Waals surface area contributed by atoms with Crippen molar-refractivity contribution < 1.29 is 8.42 Å². The number of halogens is 1. The molecule has 7 heteroatoms. The van der Waals surface area contributed by atoms with E-state index >= 15 is 0 Å². The van der Waals surface area contributed by atoms with E-state index in [-0.39, 0.29) is 11.8 Å². The lowest BCUT2D eigenvalue weighted by Crippen LogP contribution is -2.31. The predicted octanol–water partition coefficient (Wildman–Crippen LogP) is 1.60. The second kappa shape index (κ2) is 6.23. The Bertz CT molecular complexity index is 508. The number of thioether (sulfide) groups is 1. The first kappa shape index (κ1) is 14.1. The largest absolute Gasteiger partial charge is 0.312 e. The second-order valence-corrected chi connectivity index (χ2v) is 7.91. The van der Waals surface area contributed by atoms with Crippen LogP contribution in [0.3, 0.4) is 0 Å². The Balaban J connectivity index is 1.70. The Hall–Kier alpha value is -0.300. The van der Waals surface area contributed by atoms with Gasteiger partial charge in [-0.1, -0.05) is 11.6 Å². The summed E-state index contributed by atoms with van der Waals surface area (Å²) in [4.78, 5) is 4.18. The van der Waals surface area contributed by atoms with Crippen molar-refractivity contribution in [1.82, 2.24) is 10.3 Å². The standard InChI is InChI=1S/C11H15ClN2O2S2/c12-10-2-1-4-14-11(10)17-6-5-13-9-3-7-18(15,16)8-9/h1-2,4,9,13H,3,5-8H2. The minimum atomic E-state index is -2.79. The van der Waals surface area contributed by atoms with Crippen LogP contribution in [0.2, 0.25) is 5.02 Å². The van der Waals surface area contributed by atoms with Crippen LogP contribution in [0.4, 0.5) is 0 Å². The van der Waals surface area contributed by atoms with E-state index in [1.165, 1.54) is 0 Å². The summed E-state index contributed by atoms with van der Waals surface area (Å²) in [5, 5.41) is 4.73. The SMILES string of the molecule is O=S1(=O)CCC(NCCSc2ncccc2Cl)C1. The Labute approximate surface area is 116 Å². The van der Waals surface area contributed by atoms with Crippen LogP contribution in [0.5, 0.6) is 0 Å². The molecule has 0 saturated carbocycles. The van der Waals surface area contributed by atoms with E-state index in [1.54, 1.807) is 24.0 Å². The monoisotopic (exact) mass is 306 g/mol. The average Bonchev–Trinajstić information content (AvgIpc) is 2.67. The summed E-state index contributed by atoms with van der Waals surface area (Å²) in [5.41, 5.74) is 0. The molecule has 2 rings (SSSR count). The van der Waals surface area contributed by atoms with E-state index in [1.807, 2.05) is 6.07 Å². The summed E-state index contributed by atoms with van der Waals surface area (Å²) >= 11 is 7.56. The highest BCUT2D eigenvalue weighted by molar-refractivity contribution is 7.99. The van der Waals surface area contributed by atoms with Gasteiger partial charge in [-0.25, -0.2) is 13.4 Å². The average molecular weight is 307 g/mol. The number of rotatable bonds is 5. The van der Waals surface area contributed by atoms with Crippen molar-refractivity contribution in [3.05, 3.63) is 23.4 Å². The van der Waals surface area contributed by atoms with Crippen molar-refractivity contribution >= 4 is 33.2 Å². The number of pyridine rings is 1. The molecule has 1 aliphatic rings. The van der Waals surface area contributed by atoms with Crippen LogP contribution in [-0.4, -0.2) is 43.2 Å². The third kappa shape index (κ3) is 4.12. The van der Waals surface area contributed by atoms with Crippen molar-refractivity contribution in [2.75, 3.05) is 23.8 Å². The summed E-state index contributed by atoms with van der Waals surface area (Å²) in [5.74, 6) is 1.40. The summed E-state index contributed by atoms with van der Waals surface area (Å²) in [6, 6.07) is 3.72. The lowest BCUT2D eigenvalue weighted by Gasteiger charge is -2.10. The first-order valence-corrected chi connectivity index (χ1v) is 8.92. The van der Waals surface area contributed by atoms with Gasteiger partial charge in [-0.3, -0.25) is 0 Å². The third-order valence-corrected chi connectivity index (χ3v) is 5.92. The first-order valence-electron chi connectivity index (χ1n) is 5.74. The third-order valence-electron chi connectivity index (χ3n) is 2.73. The van der Waals surface area contributed by atoms with Gasteiger partial charge in [0.25, 0.3) is 0 Å². The molecule has 0 bridgehead atoms. The maximum atomic E-state index is 11.3. The van der Waals surface area contributed by atoms with Crippen LogP contribution < -0.4 is 5.32 Å². The molecule has 1 atom stereocenters. The molecule has 0 spiro atoms. The molecule has 2 heterocycles. The van der Waals surface area contributed by atoms with Crippen molar-refractivity contribution in [3.8, 4) is 0 Å². The molecular weight excluding hydrogens is 292 g/mol. The molecule has 0 amide bonds. The zero-order valence-electron chi connectivity index (χ0n) is 9.80. The zero-order valence-corrected chi connectivity index (χ0v) is 12.2. The van der Waals surface area contributed by atoms with Gasteiger partial charge in [0.15, 0.2) is 9.84 Å². The van der Waals surface area contributed by atoms with Gasteiger partial charge in [0, 0.05) is 24.5 Å². The molecule has 100 valence electrons. The molecular formula is C11H15ClN2O2S2. The highest BCUT2D eigenvalue weighted by Crippen LogP contribution is 2.23. The minimum absolute atomic E-state index is 0.106. The number of aromatic nitrogens is 1. The van der Waals surface area contributed by atoms with Gasteiger partial charge in [0.05, 0.1) is 16.5 Å². The molecule has 0 aliphatic carbocycles. The first-order chi connectivity index (χ1) is 8.57. The van der Waals surface area contributed by atoms with Crippen molar-refractivity contribution in [3.63, 3.8) is 0 Å². The lowest BCUT2D eigenvalue weighted by atomic mass is 10.3. The van der Waals surface area contributed by atoms with Gasteiger partial charge in [0.1, 0.15) is 5.03 Å². The molecule has 0 aromatic carbocycles. The Morgan fingerprint density at radius 3 is 3.06 bits per heavy atom. The Morgan fingerprint density at radius 2 is 2.39 bits per heavy atom. The van der Waals surface area contributed by atoms with Crippen LogP contribution >= 0.6 is 23.4 Å². The summed E-state index contributed by atoms with van der Waals surface area (Å²) in [7, 11) is -2.79. The Kier molecular flexibility index (Phi) is 4.89. The second-order valence-electron chi connectivity index (χ2n) is 4.19. The number of nitrogens with zero attached hydrogens (tertiary/aromatic N) is 1. The predicted molar refractivity (Wildman–Crippen MR) is 75.0 cm³/mol. The van der Waals surface area contributed by atoms with Crippen LogP contribution in [-0.2, 0) is 9.84 Å². The van der Waals surface area contributed by atoms with Crippen molar-refractivity contribution in [1.29, 1.82) is 0 Å². The van der Waals surface area contributed by atoms with E-state index in [9.17, 15) is 8.42 Å². The Morgan fingerprint density at radius 1 is 1.56 bits per heavy atom. The van der Waals surface area contributed by atoms with Crippen LogP contribution in [0, 0.1) is 0 Å². The maximum Gasteiger partial charge on any atom is 0.151 e. The normalized spacial score (nSPS) is 22.2. The van der Waals surface area contributed by atoms with E-state index in [4.69, 9.17) is 11.6 Å². The van der Waals surface area contributed by atoms with Gasteiger partial charge in [-0.2, -0.15) is 0 Å². The van der Waals surface area contributed by atoms with Gasteiger partial charge in [-0.15, -0.1) is 11.8 Å². The van der Waals surface area contributed by atoms with Crippen LogP contribution in [0.1, 0.15) is 6.42 Å². The fourth-order valence-electron chi connectivity index (χ4n) is 1.84. The molecule has 4 nitrogen and oxygen atoms in total. The van der Waals surface area contributed by atoms with Gasteiger partial charge in [-0.05, 0) is 18.6 Å². The topological polar surface area (TPSA) is 59.1 Å². The number of nitrogens with one attached hydrogen (secondary N) is 1. The number of hydrogen-bond acceptors (Lipinski definition) is 5. The molecule has 1 saturated heterocycles. The minimum Gasteiger partial charge on any atom is -0.312 e. The van der Waals surface area contributed by atoms with Crippen LogP contribution in [0.15, 0.2) is 23.4 Å². The zero-order chi connectivity index (χ0) is 13.0. The van der Waals surface area contributed by atoms with E-state index in [2.05, 4.69) is 10.3 Å². The maximum absolute atomic E-state index is 11.3. The summed E-state index contributed by atoms with van der Waals surface area (Å²) < 4.78 is 22.5. The summed E-state index contributed by atoms with van der Waals surface area (Å²) in [6.45, 7) is 0.762. The molecule has 18 heavy (non-hydrogen) atoms. The fraction of sp³-hybridized carbons (Fsp3) is 0.545. The quantitative estimate of drug-likeness (QED) is 0.661. The summed E-state index contributed by atoms with van der Waals surface area (Å²) in [6.07, 6.45) is 2.43. The van der Waals surface area contributed by atoms with E-state index < -0.39 is 9.84 Å². The molecule has 1 unspecified atom stereocenters. The number of sulfone groups is 1. The molecule has 1 aliphatic heterocycles. The van der Waals surface area contributed by atoms with Gasteiger partial charge in [0.2, 0.25) is 0 Å². The highest BCUT2D eigenvalue weighted by atomic mass is 35.5. The molecule has 1 fully saturated rings. The van der Waals surface area contributed by atoms with Crippen molar-refractivity contribution in [2.45, 2.75) is 17.5 Å². The number of hydrogen-bond donors (Lipinski definition) is 1. The lowest BCUT2D eigenvalue weighted by molar-refractivity contribution is 0.574. The van der Waals surface area contributed by atoms with Gasteiger partial charge >= 0.3 is 0 Å². The highest BCUT2D eigenvalue weighted by Gasteiger charge is 2.26. The fourth-order valence-corrected chi connectivity index (χ4v) is 4.59. The molecule has 1 N–H and O–H groups in total. The molecule has 0 radical (unpaired) electrons. The van der Waals surface area contributed by atoms with E-state index in [0.29, 0.717) is 10.8 Å². The molecule has 1 aromatic rings.